The molecule has 8 aromatic carbocycles. The molecule has 11 aromatic rings. The van der Waals surface area contributed by atoms with E-state index in [9.17, 15) is 0 Å². The van der Waals surface area contributed by atoms with E-state index in [1.807, 2.05) is 72.9 Å². The summed E-state index contributed by atoms with van der Waals surface area (Å²) in [5, 5.41) is 6.86. The predicted molar refractivity (Wildman–Crippen MR) is 275 cm³/mol. The van der Waals surface area contributed by atoms with Gasteiger partial charge in [0.15, 0.2) is 0 Å². The van der Waals surface area contributed by atoms with E-state index < -0.39 is 14.9 Å². The van der Waals surface area contributed by atoms with Crippen LogP contribution in [0.2, 0.25) is 19.6 Å². The Bertz CT molecular complexity index is 3640. The molecule has 0 fully saturated rings. The molecule has 0 bridgehead atoms. The maximum absolute atomic E-state index is 8.57. The molecule has 3 heterocycles. The minimum absolute atomic E-state index is 0. The molecule has 3 aromatic heterocycles. The van der Waals surface area contributed by atoms with Gasteiger partial charge in [-0.25, -0.2) is 0 Å². The molecule has 11 rings (SSSR count). The van der Waals surface area contributed by atoms with Crippen molar-refractivity contribution >= 4 is 67.9 Å². The zero-order valence-corrected chi connectivity index (χ0v) is 41.6. The van der Waals surface area contributed by atoms with Crippen LogP contribution < -0.4 is 5.32 Å². The van der Waals surface area contributed by atoms with Gasteiger partial charge in [-0.15, -0.1) is 53.6 Å². The minimum atomic E-state index is -2.38. The van der Waals surface area contributed by atoms with Gasteiger partial charge in [0.25, 0.3) is 0 Å². The summed E-state index contributed by atoms with van der Waals surface area (Å²) in [5.41, 5.74) is 10.5. The average Bonchev–Trinajstić information content (AvgIpc) is 3.91. The van der Waals surface area contributed by atoms with Gasteiger partial charge in [-0.05, 0) is 98.1 Å². The Morgan fingerprint density at radius 3 is 2.11 bits per heavy atom. The van der Waals surface area contributed by atoms with Crippen LogP contribution in [-0.4, -0.2) is 27.6 Å². The summed E-state index contributed by atoms with van der Waals surface area (Å²) in [7, 11) is -1.36. The van der Waals surface area contributed by atoms with Gasteiger partial charge in [0, 0.05) is 46.8 Å². The van der Waals surface area contributed by atoms with Crippen LogP contribution in [0.25, 0.3) is 94.1 Å². The zero-order chi connectivity index (χ0) is 47.5. The van der Waals surface area contributed by atoms with Crippen LogP contribution in [0.5, 0.6) is 0 Å². The first-order valence-corrected chi connectivity index (χ1v) is 25.9. The Morgan fingerprint density at radius 2 is 1.38 bits per heavy atom. The van der Waals surface area contributed by atoms with E-state index in [2.05, 4.69) is 153 Å². The van der Waals surface area contributed by atoms with Crippen molar-refractivity contribution in [1.29, 1.82) is 0 Å². The normalized spacial score (nSPS) is 12.7. The van der Waals surface area contributed by atoms with E-state index in [0.29, 0.717) is 27.9 Å². The number of imidazole rings is 1. The summed E-state index contributed by atoms with van der Waals surface area (Å²) in [6, 6.07) is 58.0. The summed E-state index contributed by atoms with van der Waals surface area (Å²) in [5.74, 6) is 1.83. The number of hydrogen-bond donors (Lipinski definition) is 0. The second-order valence-corrected chi connectivity index (χ2v) is 23.5. The predicted octanol–water partition coefficient (Wildman–Crippen LogP) is 15.4. The topological polar surface area (TPSA) is 56.7 Å². The first kappa shape index (κ1) is 41.0. The molecule has 66 heavy (non-hydrogen) atoms. The van der Waals surface area contributed by atoms with E-state index in [0.717, 1.165) is 55.0 Å². The SMILES string of the molecule is C[Si](C)(C)c1ccnc(-c2[c-]cccc2)n1.[2H]C([2H])([2H])c1c[c-]c(-c2nc3ccccc3n2-c2c(C(C)C)cc(-c3ccccc3)cc2C(C)C)c2oc3cc4c(ccc5ccccc54)cc3c12.[Ir]. The first-order chi connectivity index (χ1) is 32.7. The number of nitrogens with zero attached hydrogens (tertiary/aromatic N) is 4. The van der Waals surface area contributed by atoms with Crippen LogP contribution in [0.3, 0.4) is 0 Å². The third kappa shape index (κ3) is 8.21. The first-order valence-electron chi connectivity index (χ1n) is 23.9. The summed E-state index contributed by atoms with van der Waals surface area (Å²) in [6.07, 6.45) is 1.84. The number of furan rings is 1. The van der Waals surface area contributed by atoms with E-state index in [4.69, 9.17) is 13.5 Å². The van der Waals surface area contributed by atoms with Crippen LogP contribution in [0.15, 0.2) is 162 Å². The number of hydrogen-bond acceptors (Lipinski definition) is 4. The summed E-state index contributed by atoms with van der Waals surface area (Å²) in [6.45, 7) is 13.4. The zero-order valence-electron chi connectivity index (χ0n) is 41.2. The van der Waals surface area contributed by atoms with Gasteiger partial charge < -0.3 is 8.98 Å². The summed E-state index contributed by atoms with van der Waals surface area (Å²) < 4.78 is 34.8. The molecule has 0 unspecified atom stereocenters. The maximum atomic E-state index is 8.57. The number of fused-ring (bicyclic) bond motifs is 7. The van der Waals surface area contributed by atoms with Gasteiger partial charge in [0.05, 0.1) is 28.3 Å². The smallest absolute Gasteiger partial charge is 0.121 e. The van der Waals surface area contributed by atoms with E-state index in [-0.39, 0.29) is 37.5 Å². The molecule has 0 aliphatic heterocycles. The Kier molecular flexibility index (Phi) is 11.2. The molecule has 0 N–H and O–H groups in total. The Hall–Kier alpha value is -6.50. The number of aromatic nitrogens is 4. The largest absolute Gasteiger partial charge is 0.501 e. The molecule has 1 radical (unpaired) electrons. The fraction of sp³-hybridized carbons (Fsp3) is 0.169. The Morgan fingerprint density at radius 1 is 0.667 bits per heavy atom. The van der Waals surface area contributed by atoms with Gasteiger partial charge in [0.1, 0.15) is 13.7 Å². The van der Waals surface area contributed by atoms with Crippen molar-refractivity contribution in [3.05, 3.63) is 187 Å². The molecule has 329 valence electrons. The second-order valence-electron chi connectivity index (χ2n) is 18.5. The third-order valence-electron chi connectivity index (χ3n) is 12.3. The molecule has 0 spiro atoms. The van der Waals surface area contributed by atoms with Crippen molar-refractivity contribution in [2.45, 2.75) is 66.0 Å². The summed E-state index contributed by atoms with van der Waals surface area (Å²) in [4.78, 5) is 14.2. The number of rotatable bonds is 7. The molecular weight excluding hydrogens is 1000 g/mol. The van der Waals surface area contributed by atoms with Crippen molar-refractivity contribution in [3.8, 4) is 39.6 Å². The monoisotopic (exact) mass is 1060 g/mol. The van der Waals surface area contributed by atoms with Crippen molar-refractivity contribution in [2.75, 3.05) is 0 Å². The maximum Gasteiger partial charge on any atom is 0.121 e. The fourth-order valence-corrected chi connectivity index (χ4v) is 9.98. The average molecular weight is 1060 g/mol. The van der Waals surface area contributed by atoms with Crippen molar-refractivity contribution in [2.24, 2.45) is 0 Å². The van der Waals surface area contributed by atoms with Crippen LogP contribution in [-0.2, 0) is 20.1 Å². The van der Waals surface area contributed by atoms with E-state index in [1.165, 1.54) is 27.6 Å². The molecule has 0 aliphatic rings. The van der Waals surface area contributed by atoms with Gasteiger partial charge in [-0.2, -0.15) is 0 Å². The van der Waals surface area contributed by atoms with Gasteiger partial charge >= 0.3 is 0 Å². The Balaban J connectivity index is 0.000000296. The minimum Gasteiger partial charge on any atom is -0.501 e. The van der Waals surface area contributed by atoms with E-state index in [1.54, 1.807) is 6.07 Å². The number of benzene rings is 8. The van der Waals surface area contributed by atoms with Crippen molar-refractivity contribution < 1.29 is 28.6 Å². The van der Waals surface area contributed by atoms with Gasteiger partial charge in [-0.1, -0.05) is 144 Å². The van der Waals surface area contributed by atoms with Crippen molar-refractivity contribution in [1.82, 2.24) is 19.5 Å². The second kappa shape index (κ2) is 18.1. The molecule has 0 aliphatic carbocycles. The van der Waals surface area contributed by atoms with E-state index >= 15 is 0 Å². The van der Waals surface area contributed by atoms with Gasteiger partial charge in [-0.3, -0.25) is 15.0 Å². The molecule has 0 amide bonds. The summed E-state index contributed by atoms with van der Waals surface area (Å²) >= 11 is 0. The number of aryl methyl sites for hydroxylation is 1. The molecule has 0 saturated heterocycles. The number of para-hydroxylation sites is 2. The molecule has 0 saturated carbocycles. The Labute approximate surface area is 406 Å². The molecular formula is C59H52IrN4OSi-2. The molecule has 0 atom stereocenters. The van der Waals surface area contributed by atoms with Crippen LogP contribution >= 0.6 is 0 Å². The fourth-order valence-electron chi connectivity index (χ4n) is 8.96. The standard InChI is InChI=1S/C46H37N2O.C13H15N2Si.Ir/c1-27(2)36-24-33(30-13-7-6-8-14-30)25-37(28(3)4)44(36)48-41-18-12-11-17-40(41)47-46(48)35-22-19-29(5)43-39-23-32-21-20-31-15-9-10-16-34(31)38(32)26-42(39)49-45(35)43;1-16(2,3)12-9-10-14-13(15-12)11-7-5-4-6-8-11;/h6-21,23-28H,1-5H3;4-7,9-10H,1-3H3;/q2*-1;/i5D3;;. The van der Waals surface area contributed by atoms with Crippen LogP contribution in [0.4, 0.5) is 0 Å². The van der Waals surface area contributed by atoms with Gasteiger partial charge in [0.2, 0.25) is 0 Å². The molecule has 5 nitrogen and oxygen atoms in total. The quantitative estimate of drug-likeness (QED) is 0.0907. The van der Waals surface area contributed by atoms with Crippen LogP contribution in [0.1, 0.15) is 60.3 Å². The molecule has 7 heteroatoms. The third-order valence-corrected chi connectivity index (χ3v) is 14.1. The van der Waals surface area contributed by atoms with Crippen molar-refractivity contribution in [3.63, 3.8) is 0 Å². The van der Waals surface area contributed by atoms with Crippen LogP contribution in [0, 0.1) is 19.0 Å².